The van der Waals surface area contributed by atoms with Crippen LogP contribution in [0.4, 0.5) is 5.69 Å². The summed E-state index contributed by atoms with van der Waals surface area (Å²) in [6, 6.07) is 7.15. The Bertz CT molecular complexity index is 466. The van der Waals surface area contributed by atoms with E-state index in [1.165, 1.54) is 7.11 Å². The van der Waals surface area contributed by atoms with Gasteiger partial charge >= 0.3 is 5.97 Å². The van der Waals surface area contributed by atoms with Gasteiger partial charge in [-0.25, -0.2) is 0 Å². The molecule has 1 aromatic carbocycles. The van der Waals surface area contributed by atoms with E-state index >= 15 is 0 Å². The highest BCUT2D eigenvalue weighted by Crippen LogP contribution is 2.26. The zero-order chi connectivity index (χ0) is 13.5. The van der Waals surface area contributed by atoms with Gasteiger partial charge in [0.05, 0.1) is 24.4 Å². The van der Waals surface area contributed by atoms with Crippen molar-refractivity contribution in [3.05, 3.63) is 23.8 Å². The standard InChI is InChI=1S/C13H16N2O3/c1-9(3-6-13(16)17)15-11-5-4-10(8-14)7-12(11)18-2/h4-5,7,9,15H,3,6H2,1-2H3,(H,16,17). The molecule has 1 atom stereocenters. The number of carbonyl (C=O) groups is 1. The Hall–Kier alpha value is -2.22. The van der Waals surface area contributed by atoms with Crippen LogP contribution in [0.25, 0.3) is 0 Å². The molecule has 1 unspecified atom stereocenters. The first-order valence-electron chi connectivity index (χ1n) is 5.63. The van der Waals surface area contributed by atoms with Crippen LogP contribution in [0.15, 0.2) is 18.2 Å². The van der Waals surface area contributed by atoms with Gasteiger partial charge in [-0.05, 0) is 25.5 Å². The number of nitrogens with one attached hydrogen (secondary N) is 1. The maximum absolute atomic E-state index is 10.5. The van der Waals surface area contributed by atoms with Crippen LogP contribution in [0.3, 0.4) is 0 Å². The molecule has 0 bridgehead atoms. The monoisotopic (exact) mass is 248 g/mol. The summed E-state index contributed by atoms with van der Waals surface area (Å²) in [5.41, 5.74) is 1.28. The molecule has 0 saturated carbocycles. The highest BCUT2D eigenvalue weighted by atomic mass is 16.5. The van der Waals surface area contributed by atoms with E-state index in [9.17, 15) is 4.79 Å². The van der Waals surface area contributed by atoms with E-state index in [0.29, 0.717) is 17.7 Å². The molecule has 0 spiro atoms. The maximum atomic E-state index is 10.5. The third kappa shape index (κ3) is 3.98. The molecular formula is C13H16N2O3. The number of benzene rings is 1. The number of rotatable bonds is 6. The van der Waals surface area contributed by atoms with E-state index < -0.39 is 5.97 Å². The number of methoxy groups -OCH3 is 1. The summed E-state index contributed by atoms with van der Waals surface area (Å²) in [7, 11) is 1.53. The quantitative estimate of drug-likeness (QED) is 0.806. The van der Waals surface area contributed by atoms with E-state index in [1.807, 2.05) is 13.0 Å². The lowest BCUT2D eigenvalue weighted by Gasteiger charge is -2.16. The lowest BCUT2D eigenvalue weighted by atomic mass is 10.1. The topological polar surface area (TPSA) is 82.3 Å². The number of ether oxygens (including phenoxy) is 1. The molecule has 18 heavy (non-hydrogen) atoms. The van der Waals surface area contributed by atoms with E-state index in [-0.39, 0.29) is 12.5 Å². The minimum absolute atomic E-state index is 0.0166. The molecule has 5 nitrogen and oxygen atoms in total. The average molecular weight is 248 g/mol. The summed E-state index contributed by atoms with van der Waals surface area (Å²) >= 11 is 0. The van der Waals surface area contributed by atoms with Crippen molar-refractivity contribution >= 4 is 11.7 Å². The summed E-state index contributed by atoms with van der Waals surface area (Å²) in [6.45, 7) is 1.90. The van der Waals surface area contributed by atoms with E-state index in [4.69, 9.17) is 15.1 Å². The largest absolute Gasteiger partial charge is 0.495 e. The molecule has 0 aliphatic heterocycles. The molecule has 0 aromatic heterocycles. The predicted molar refractivity (Wildman–Crippen MR) is 67.7 cm³/mol. The fourth-order valence-electron chi connectivity index (χ4n) is 1.56. The van der Waals surface area contributed by atoms with Crippen LogP contribution in [-0.2, 0) is 4.79 Å². The summed E-state index contributed by atoms with van der Waals surface area (Å²) in [5, 5.41) is 20.6. The van der Waals surface area contributed by atoms with Crippen molar-refractivity contribution in [3.63, 3.8) is 0 Å². The number of aliphatic carboxylic acids is 1. The Morgan fingerprint density at radius 2 is 2.33 bits per heavy atom. The van der Waals surface area contributed by atoms with E-state index in [1.54, 1.807) is 18.2 Å². The minimum Gasteiger partial charge on any atom is -0.495 e. The second-order valence-corrected chi connectivity index (χ2v) is 4.00. The first-order valence-corrected chi connectivity index (χ1v) is 5.63. The summed E-state index contributed by atoms with van der Waals surface area (Å²) in [5.74, 6) is -0.230. The zero-order valence-corrected chi connectivity index (χ0v) is 10.4. The van der Waals surface area contributed by atoms with E-state index in [2.05, 4.69) is 5.32 Å². The lowest BCUT2D eigenvalue weighted by Crippen LogP contribution is -2.17. The Kier molecular flexibility index (Phi) is 5.00. The van der Waals surface area contributed by atoms with Crippen LogP contribution in [0.5, 0.6) is 5.75 Å². The fraction of sp³-hybridized carbons (Fsp3) is 0.385. The first-order chi connectivity index (χ1) is 8.56. The van der Waals surface area contributed by atoms with Gasteiger partial charge in [-0.2, -0.15) is 5.26 Å². The Morgan fingerprint density at radius 3 is 2.89 bits per heavy atom. The Labute approximate surface area is 106 Å². The van der Waals surface area contributed by atoms with Crippen molar-refractivity contribution in [2.45, 2.75) is 25.8 Å². The molecule has 1 rings (SSSR count). The molecule has 0 saturated heterocycles. The van der Waals surface area contributed by atoms with Gasteiger partial charge in [0.25, 0.3) is 0 Å². The molecule has 1 aromatic rings. The molecule has 96 valence electrons. The Morgan fingerprint density at radius 1 is 1.61 bits per heavy atom. The van der Waals surface area contributed by atoms with Crippen LogP contribution < -0.4 is 10.1 Å². The lowest BCUT2D eigenvalue weighted by molar-refractivity contribution is -0.137. The van der Waals surface area contributed by atoms with Crippen LogP contribution >= 0.6 is 0 Å². The molecule has 0 amide bonds. The third-order valence-electron chi connectivity index (χ3n) is 2.52. The highest BCUT2D eigenvalue weighted by Gasteiger charge is 2.09. The van der Waals surface area contributed by atoms with Crippen LogP contribution in [0, 0.1) is 11.3 Å². The van der Waals surface area contributed by atoms with Crippen molar-refractivity contribution in [1.82, 2.24) is 0 Å². The normalized spacial score (nSPS) is 11.4. The van der Waals surface area contributed by atoms with Gasteiger partial charge < -0.3 is 15.2 Å². The number of nitriles is 1. The summed E-state index contributed by atoms with van der Waals surface area (Å²) in [6.07, 6.45) is 0.644. The average Bonchev–Trinajstić information content (AvgIpc) is 2.36. The minimum atomic E-state index is -0.810. The van der Waals surface area contributed by atoms with Crippen LogP contribution in [-0.4, -0.2) is 24.2 Å². The van der Waals surface area contributed by atoms with Crippen molar-refractivity contribution in [1.29, 1.82) is 5.26 Å². The molecule has 0 radical (unpaired) electrons. The van der Waals surface area contributed by atoms with Gasteiger partial charge in [0.2, 0.25) is 0 Å². The second kappa shape index (κ2) is 6.50. The highest BCUT2D eigenvalue weighted by molar-refractivity contribution is 5.67. The molecule has 0 aliphatic rings. The number of hydrogen-bond acceptors (Lipinski definition) is 4. The summed E-state index contributed by atoms with van der Waals surface area (Å²) in [4.78, 5) is 10.5. The SMILES string of the molecule is COc1cc(C#N)ccc1NC(C)CCC(=O)O. The van der Waals surface area contributed by atoms with Crippen molar-refractivity contribution in [2.75, 3.05) is 12.4 Å². The van der Waals surface area contributed by atoms with Gasteiger partial charge in [0, 0.05) is 18.5 Å². The van der Waals surface area contributed by atoms with Crippen molar-refractivity contribution in [2.24, 2.45) is 0 Å². The number of hydrogen-bond donors (Lipinski definition) is 2. The summed E-state index contributed by atoms with van der Waals surface area (Å²) < 4.78 is 5.18. The molecule has 0 heterocycles. The van der Waals surface area contributed by atoms with Gasteiger partial charge in [0.15, 0.2) is 0 Å². The Balaban J connectivity index is 2.72. The van der Waals surface area contributed by atoms with Gasteiger partial charge in [-0.3, -0.25) is 4.79 Å². The third-order valence-corrected chi connectivity index (χ3v) is 2.52. The van der Waals surface area contributed by atoms with Crippen molar-refractivity contribution in [3.8, 4) is 11.8 Å². The number of anilines is 1. The smallest absolute Gasteiger partial charge is 0.303 e. The fourth-order valence-corrected chi connectivity index (χ4v) is 1.56. The molecule has 0 fully saturated rings. The molecule has 2 N–H and O–H groups in total. The van der Waals surface area contributed by atoms with Crippen LogP contribution in [0.2, 0.25) is 0 Å². The maximum Gasteiger partial charge on any atom is 0.303 e. The zero-order valence-electron chi connectivity index (χ0n) is 10.4. The first kappa shape index (κ1) is 13.8. The number of carboxylic acid groups (broad SMARTS) is 1. The van der Waals surface area contributed by atoms with Gasteiger partial charge in [0.1, 0.15) is 5.75 Å². The predicted octanol–water partition coefficient (Wildman–Crippen LogP) is 2.23. The number of nitrogens with zero attached hydrogens (tertiary/aromatic N) is 1. The molecule has 0 aliphatic carbocycles. The van der Waals surface area contributed by atoms with Crippen LogP contribution in [0.1, 0.15) is 25.3 Å². The van der Waals surface area contributed by atoms with Crippen molar-refractivity contribution < 1.29 is 14.6 Å². The second-order valence-electron chi connectivity index (χ2n) is 4.00. The van der Waals surface area contributed by atoms with Gasteiger partial charge in [-0.1, -0.05) is 0 Å². The van der Waals surface area contributed by atoms with Gasteiger partial charge in [-0.15, -0.1) is 0 Å². The molecular weight excluding hydrogens is 232 g/mol. The van der Waals surface area contributed by atoms with E-state index in [0.717, 1.165) is 5.69 Å². The number of carboxylic acids is 1. The molecule has 5 heteroatoms.